The lowest BCUT2D eigenvalue weighted by molar-refractivity contribution is -0.0904. The Morgan fingerprint density at radius 1 is 1.23 bits per heavy atom. The van der Waals surface area contributed by atoms with Gasteiger partial charge in [-0.1, -0.05) is 23.7 Å². The number of halogens is 1. The number of pyridine rings is 1. The lowest BCUT2D eigenvalue weighted by Gasteiger charge is -2.46. The van der Waals surface area contributed by atoms with E-state index in [-0.39, 0.29) is 6.04 Å². The van der Waals surface area contributed by atoms with E-state index >= 15 is 0 Å². The van der Waals surface area contributed by atoms with Gasteiger partial charge in [0.05, 0.1) is 5.70 Å². The molecule has 2 atom stereocenters. The van der Waals surface area contributed by atoms with Crippen LogP contribution in [0.5, 0.6) is 5.75 Å². The van der Waals surface area contributed by atoms with Crippen LogP contribution in [0.4, 0.5) is 0 Å². The van der Waals surface area contributed by atoms with Crippen molar-refractivity contribution in [2.45, 2.75) is 31.6 Å². The first-order chi connectivity index (χ1) is 12.5. The van der Waals surface area contributed by atoms with Crippen molar-refractivity contribution in [2.24, 2.45) is 0 Å². The predicted octanol–water partition coefficient (Wildman–Crippen LogP) is 3.68. The molecule has 0 aliphatic carbocycles. The standard InChI is InChI=1S/C20H20ClN3O2/c1-20(2)19(25)18(15-12-22-10-9-17(15)26-20)24-11-3-4-16(23-24)13-5-7-14(21)8-6-13/h3-12,18-19,23,25H,1-2H3. The Kier molecular flexibility index (Phi) is 4.13. The third-order valence-electron chi connectivity index (χ3n) is 4.73. The zero-order valence-corrected chi connectivity index (χ0v) is 15.3. The van der Waals surface area contributed by atoms with Crippen molar-refractivity contribution in [3.8, 4) is 5.75 Å². The van der Waals surface area contributed by atoms with E-state index < -0.39 is 11.7 Å². The maximum atomic E-state index is 11.0. The van der Waals surface area contributed by atoms with Crippen LogP contribution >= 0.6 is 11.6 Å². The summed E-state index contributed by atoms with van der Waals surface area (Å²) in [5.74, 6) is 0.734. The van der Waals surface area contributed by atoms with Gasteiger partial charge in [-0.3, -0.25) is 15.4 Å². The smallest absolute Gasteiger partial charge is 0.132 e. The molecule has 4 rings (SSSR count). The van der Waals surface area contributed by atoms with Crippen molar-refractivity contribution < 1.29 is 9.84 Å². The quantitative estimate of drug-likeness (QED) is 0.845. The first-order valence-corrected chi connectivity index (χ1v) is 8.84. The summed E-state index contributed by atoms with van der Waals surface area (Å²) in [7, 11) is 0. The summed E-state index contributed by atoms with van der Waals surface area (Å²) in [6.07, 6.45) is 8.54. The number of benzene rings is 1. The molecule has 3 heterocycles. The molecule has 0 amide bonds. The highest BCUT2D eigenvalue weighted by molar-refractivity contribution is 6.30. The largest absolute Gasteiger partial charge is 0.485 e. The normalized spacial score (nSPS) is 23.5. The summed E-state index contributed by atoms with van der Waals surface area (Å²) in [6, 6.07) is 9.12. The van der Waals surface area contributed by atoms with Gasteiger partial charge in [0.2, 0.25) is 0 Å². The highest BCUT2D eigenvalue weighted by Crippen LogP contribution is 2.42. The number of ether oxygens (including phenoxy) is 1. The number of aromatic nitrogens is 1. The van der Waals surface area contributed by atoms with Crippen LogP contribution in [-0.4, -0.2) is 26.8 Å². The van der Waals surface area contributed by atoms with Crippen LogP contribution in [-0.2, 0) is 0 Å². The van der Waals surface area contributed by atoms with E-state index in [1.165, 1.54) is 0 Å². The lowest BCUT2D eigenvalue weighted by Crippen LogP contribution is -2.55. The summed E-state index contributed by atoms with van der Waals surface area (Å²) >= 11 is 5.99. The molecule has 6 heteroatoms. The van der Waals surface area contributed by atoms with Crippen molar-refractivity contribution in [1.29, 1.82) is 0 Å². The number of rotatable bonds is 2. The molecule has 2 aliphatic rings. The van der Waals surface area contributed by atoms with Gasteiger partial charge in [0.15, 0.2) is 0 Å². The van der Waals surface area contributed by atoms with Crippen LogP contribution in [0, 0.1) is 0 Å². The number of aliphatic hydroxyl groups is 1. The Labute approximate surface area is 157 Å². The van der Waals surface area contributed by atoms with Crippen LogP contribution in [0.25, 0.3) is 5.70 Å². The maximum Gasteiger partial charge on any atom is 0.132 e. The average molecular weight is 370 g/mol. The van der Waals surface area contributed by atoms with E-state index in [2.05, 4.69) is 10.4 Å². The monoisotopic (exact) mass is 369 g/mol. The molecular weight excluding hydrogens is 350 g/mol. The van der Waals surface area contributed by atoms with Crippen LogP contribution in [0.15, 0.2) is 61.1 Å². The van der Waals surface area contributed by atoms with E-state index in [0.29, 0.717) is 5.02 Å². The fourth-order valence-electron chi connectivity index (χ4n) is 3.30. The molecular formula is C20H20ClN3O2. The predicted molar refractivity (Wildman–Crippen MR) is 101 cm³/mol. The topological polar surface area (TPSA) is 57.6 Å². The second-order valence-corrected chi connectivity index (χ2v) is 7.39. The highest BCUT2D eigenvalue weighted by atomic mass is 35.5. The van der Waals surface area contributed by atoms with Gasteiger partial charge >= 0.3 is 0 Å². The van der Waals surface area contributed by atoms with E-state index in [1.807, 2.05) is 67.5 Å². The van der Waals surface area contributed by atoms with Crippen LogP contribution < -0.4 is 10.2 Å². The minimum Gasteiger partial charge on any atom is -0.485 e. The molecule has 2 aliphatic heterocycles. The van der Waals surface area contributed by atoms with E-state index in [1.54, 1.807) is 12.4 Å². The molecule has 2 unspecified atom stereocenters. The molecule has 2 aromatic rings. The Morgan fingerprint density at radius 2 is 2.00 bits per heavy atom. The Bertz CT molecular complexity index is 877. The molecule has 0 bridgehead atoms. The van der Waals surface area contributed by atoms with E-state index in [4.69, 9.17) is 16.3 Å². The maximum absolute atomic E-state index is 11.0. The number of fused-ring (bicyclic) bond motifs is 1. The van der Waals surface area contributed by atoms with Crippen molar-refractivity contribution in [1.82, 2.24) is 15.4 Å². The van der Waals surface area contributed by atoms with Crippen LogP contribution in [0.2, 0.25) is 5.02 Å². The third kappa shape index (κ3) is 2.93. The van der Waals surface area contributed by atoms with Gasteiger partial charge < -0.3 is 9.84 Å². The molecule has 0 saturated heterocycles. The minimum absolute atomic E-state index is 0.338. The molecule has 0 spiro atoms. The van der Waals surface area contributed by atoms with Crippen LogP contribution in [0.3, 0.4) is 0 Å². The Balaban J connectivity index is 1.68. The second kappa shape index (κ2) is 6.34. The molecule has 134 valence electrons. The molecule has 0 radical (unpaired) electrons. The minimum atomic E-state index is -0.749. The van der Waals surface area contributed by atoms with Gasteiger partial charge in [0, 0.05) is 29.2 Å². The number of nitrogens with zero attached hydrogens (tertiary/aromatic N) is 2. The fraction of sp³-hybridized carbons (Fsp3) is 0.250. The lowest BCUT2D eigenvalue weighted by atomic mass is 9.87. The second-order valence-electron chi connectivity index (χ2n) is 6.96. The number of hydrazine groups is 1. The molecule has 26 heavy (non-hydrogen) atoms. The summed E-state index contributed by atoms with van der Waals surface area (Å²) in [4.78, 5) is 4.21. The van der Waals surface area contributed by atoms with Crippen molar-refractivity contribution in [3.63, 3.8) is 0 Å². The number of nitrogens with one attached hydrogen (secondary N) is 1. The van der Waals surface area contributed by atoms with Gasteiger partial charge in [-0.2, -0.15) is 0 Å². The number of allylic oxidation sites excluding steroid dienone is 2. The van der Waals surface area contributed by atoms with Crippen LogP contribution in [0.1, 0.15) is 31.0 Å². The Morgan fingerprint density at radius 3 is 2.77 bits per heavy atom. The average Bonchev–Trinajstić information content (AvgIpc) is 2.63. The summed E-state index contributed by atoms with van der Waals surface area (Å²) < 4.78 is 5.98. The summed E-state index contributed by atoms with van der Waals surface area (Å²) in [6.45, 7) is 3.77. The number of aliphatic hydroxyl groups excluding tert-OH is 1. The Hall–Kier alpha value is -2.50. The first-order valence-electron chi connectivity index (χ1n) is 8.46. The third-order valence-corrected chi connectivity index (χ3v) is 4.98. The van der Waals surface area contributed by atoms with Gasteiger partial charge in [-0.05, 0) is 49.8 Å². The van der Waals surface area contributed by atoms with Gasteiger partial charge in [-0.25, -0.2) is 0 Å². The summed E-state index contributed by atoms with van der Waals surface area (Å²) in [5, 5.41) is 13.6. The van der Waals surface area contributed by atoms with Crippen molar-refractivity contribution >= 4 is 17.3 Å². The fourth-order valence-corrected chi connectivity index (χ4v) is 3.43. The van der Waals surface area contributed by atoms with Gasteiger partial charge in [-0.15, -0.1) is 0 Å². The summed E-state index contributed by atoms with van der Waals surface area (Å²) in [5.41, 5.74) is 5.44. The first kappa shape index (κ1) is 16.9. The SMILES string of the molecule is CC1(C)Oc2ccncc2C(N2C=CC=C(c3ccc(Cl)cc3)N2)C1O. The molecule has 1 aromatic carbocycles. The molecule has 5 nitrogen and oxygen atoms in total. The van der Waals surface area contributed by atoms with Gasteiger partial charge in [0.1, 0.15) is 23.5 Å². The van der Waals surface area contributed by atoms with E-state index in [0.717, 1.165) is 22.6 Å². The van der Waals surface area contributed by atoms with Gasteiger partial charge in [0.25, 0.3) is 0 Å². The molecule has 0 fully saturated rings. The molecule has 1 aromatic heterocycles. The van der Waals surface area contributed by atoms with E-state index in [9.17, 15) is 5.11 Å². The molecule has 0 saturated carbocycles. The molecule has 2 N–H and O–H groups in total. The van der Waals surface area contributed by atoms with Crippen molar-refractivity contribution in [2.75, 3.05) is 0 Å². The highest BCUT2D eigenvalue weighted by Gasteiger charge is 2.45. The number of hydrogen-bond donors (Lipinski definition) is 2. The van der Waals surface area contributed by atoms with Crippen molar-refractivity contribution in [3.05, 3.63) is 77.2 Å². The number of hydrogen-bond acceptors (Lipinski definition) is 5. The zero-order chi connectivity index (χ0) is 18.3. The zero-order valence-electron chi connectivity index (χ0n) is 14.6.